The predicted octanol–water partition coefficient (Wildman–Crippen LogP) is 3.54. The van der Waals surface area contributed by atoms with Gasteiger partial charge in [-0.3, -0.25) is 4.99 Å². The van der Waals surface area contributed by atoms with Crippen molar-refractivity contribution in [3.63, 3.8) is 0 Å². The smallest absolute Gasteiger partial charge is 0.0712 e. The van der Waals surface area contributed by atoms with Crippen LogP contribution in [0.5, 0.6) is 0 Å². The molecule has 0 saturated heterocycles. The summed E-state index contributed by atoms with van der Waals surface area (Å²) >= 11 is 0. The Bertz CT molecular complexity index is 455. The third-order valence-corrected chi connectivity index (χ3v) is 2.47. The Kier molecular flexibility index (Phi) is 2.26. The minimum absolute atomic E-state index is 0. The van der Waals surface area contributed by atoms with E-state index in [0.717, 1.165) is 12.1 Å². The van der Waals surface area contributed by atoms with Gasteiger partial charge in [-0.1, -0.05) is 36.4 Å². The maximum Gasteiger partial charge on any atom is 0.0712 e. The standard InChI is InChI=1S/C12H9N.ClH/c1-3-7-11-9(5-1)10-6-2-4-8-12(10)13-11;/h1-7H,8H2;1H. The SMILES string of the molecule is C1=CCC2=Nc3ccccc3C2=C1.Cl. The number of hydrogen-bond donors (Lipinski definition) is 0. The summed E-state index contributed by atoms with van der Waals surface area (Å²) in [7, 11) is 0. The molecule has 1 aromatic carbocycles. The topological polar surface area (TPSA) is 12.4 Å². The monoisotopic (exact) mass is 203 g/mol. The van der Waals surface area contributed by atoms with Gasteiger partial charge in [-0.2, -0.15) is 0 Å². The van der Waals surface area contributed by atoms with Crippen molar-refractivity contribution < 1.29 is 0 Å². The van der Waals surface area contributed by atoms with Crippen LogP contribution >= 0.6 is 12.4 Å². The van der Waals surface area contributed by atoms with Crippen molar-refractivity contribution in [2.75, 3.05) is 0 Å². The first-order chi connectivity index (χ1) is 6.45. The summed E-state index contributed by atoms with van der Waals surface area (Å²) in [6.45, 7) is 0. The van der Waals surface area contributed by atoms with E-state index in [1.807, 2.05) is 6.07 Å². The molecule has 1 heterocycles. The fourth-order valence-electron chi connectivity index (χ4n) is 1.85. The average molecular weight is 204 g/mol. The van der Waals surface area contributed by atoms with Crippen molar-refractivity contribution in [1.29, 1.82) is 0 Å². The predicted molar refractivity (Wildman–Crippen MR) is 62.5 cm³/mol. The van der Waals surface area contributed by atoms with E-state index in [1.165, 1.54) is 16.8 Å². The van der Waals surface area contributed by atoms with Gasteiger partial charge in [0.2, 0.25) is 0 Å². The second kappa shape index (κ2) is 3.43. The molecule has 1 nitrogen and oxygen atoms in total. The molecule has 0 saturated carbocycles. The van der Waals surface area contributed by atoms with E-state index < -0.39 is 0 Å². The molecule has 0 fully saturated rings. The summed E-state index contributed by atoms with van der Waals surface area (Å²) in [6.07, 6.45) is 7.37. The lowest BCUT2D eigenvalue weighted by Crippen LogP contribution is -1.97. The van der Waals surface area contributed by atoms with Crippen molar-refractivity contribution >= 4 is 29.4 Å². The van der Waals surface area contributed by atoms with Crippen LogP contribution in [0.3, 0.4) is 0 Å². The molecule has 0 spiro atoms. The quantitative estimate of drug-likeness (QED) is 0.612. The molecule has 3 rings (SSSR count). The second-order valence-corrected chi connectivity index (χ2v) is 3.29. The summed E-state index contributed by atoms with van der Waals surface area (Å²) in [5, 5.41) is 0. The van der Waals surface area contributed by atoms with E-state index in [0.29, 0.717) is 0 Å². The summed E-state index contributed by atoms with van der Waals surface area (Å²) in [5.41, 5.74) is 4.91. The lowest BCUT2D eigenvalue weighted by atomic mass is 9.98. The molecular weight excluding hydrogens is 194 g/mol. The van der Waals surface area contributed by atoms with Crippen LogP contribution < -0.4 is 0 Å². The molecular formula is C12H10ClN. The van der Waals surface area contributed by atoms with Crippen LogP contribution in [0.15, 0.2) is 47.5 Å². The van der Waals surface area contributed by atoms with E-state index in [4.69, 9.17) is 0 Å². The molecule has 0 amide bonds. The lowest BCUT2D eigenvalue weighted by Gasteiger charge is -2.04. The van der Waals surface area contributed by atoms with E-state index in [-0.39, 0.29) is 12.4 Å². The van der Waals surface area contributed by atoms with E-state index in [9.17, 15) is 0 Å². The first-order valence-corrected chi connectivity index (χ1v) is 4.49. The Morgan fingerprint density at radius 3 is 2.93 bits per heavy atom. The highest BCUT2D eigenvalue weighted by molar-refractivity contribution is 6.30. The van der Waals surface area contributed by atoms with Crippen molar-refractivity contribution in [2.45, 2.75) is 6.42 Å². The maximum atomic E-state index is 4.57. The lowest BCUT2D eigenvalue weighted by molar-refractivity contribution is 1.44. The molecule has 0 unspecified atom stereocenters. The van der Waals surface area contributed by atoms with Gasteiger partial charge in [0.15, 0.2) is 0 Å². The molecule has 1 aliphatic carbocycles. The van der Waals surface area contributed by atoms with Crippen molar-refractivity contribution in [2.24, 2.45) is 4.99 Å². The normalized spacial score (nSPS) is 16.3. The van der Waals surface area contributed by atoms with Crippen LogP contribution in [0, 0.1) is 0 Å². The number of nitrogens with zero attached hydrogens (tertiary/aromatic N) is 1. The molecule has 0 bridgehead atoms. The van der Waals surface area contributed by atoms with Gasteiger partial charge >= 0.3 is 0 Å². The first kappa shape index (κ1) is 9.22. The largest absolute Gasteiger partial charge is 0.252 e. The molecule has 2 heteroatoms. The third kappa shape index (κ3) is 1.21. The van der Waals surface area contributed by atoms with Crippen molar-refractivity contribution in [3.8, 4) is 0 Å². The summed E-state index contributed by atoms with van der Waals surface area (Å²) < 4.78 is 0. The number of para-hydroxylation sites is 1. The Morgan fingerprint density at radius 2 is 2.00 bits per heavy atom. The number of fused-ring (bicyclic) bond motifs is 3. The van der Waals surface area contributed by atoms with Gasteiger partial charge in [0.1, 0.15) is 0 Å². The molecule has 0 N–H and O–H groups in total. The van der Waals surface area contributed by atoms with Crippen LogP contribution in [-0.4, -0.2) is 5.71 Å². The maximum absolute atomic E-state index is 4.57. The second-order valence-electron chi connectivity index (χ2n) is 3.29. The number of hydrogen-bond acceptors (Lipinski definition) is 1. The molecule has 1 aromatic rings. The Hall–Kier alpha value is -1.34. The molecule has 0 atom stereocenters. The van der Waals surface area contributed by atoms with Crippen LogP contribution in [0.2, 0.25) is 0 Å². The van der Waals surface area contributed by atoms with Gasteiger partial charge in [-0.15, -0.1) is 12.4 Å². The highest BCUT2D eigenvalue weighted by atomic mass is 35.5. The molecule has 14 heavy (non-hydrogen) atoms. The summed E-state index contributed by atoms with van der Waals surface area (Å²) in [6, 6.07) is 8.31. The van der Waals surface area contributed by atoms with Crippen LogP contribution in [0.25, 0.3) is 5.57 Å². The average Bonchev–Trinajstić information content (AvgIpc) is 2.56. The van der Waals surface area contributed by atoms with Gasteiger partial charge in [0.05, 0.1) is 11.4 Å². The number of halogens is 1. The highest BCUT2D eigenvalue weighted by Gasteiger charge is 2.19. The number of rotatable bonds is 0. The Morgan fingerprint density at radius 1 is 1.14 bits per heavy atom. The van der Waals surface area contributed by atoms with Crippen LogP contribution in [0.4, 0.5) is 5.69 Å². The fourth-order valence-corrected chi connectivity index (χ4v) is 1.85. The van der Waals surface area contributed by atoms with E-state index in [2.05, 4.69) is 41.4 Å². The number of benzene rings is 1. The van der Waals surface area contributed by atoms with Crippen molar-refractivity contribution in [1.82, 2.24) is 0 Å². The van der Waals surface area contributed by atoms with Gasteiger partial charge in [-0.05, 0) is 6.07 Å². The first-order valence-electron chi connectivity index (χ1n) is 4.49. The van der Waals surface area contributed by atoms with Crippen LogP contribution in [0.1, 0.15) is 12.0 Å². The zero-order valence-corrected chi connectivity index (χ0v) is 8.42. The highest BCUT2D eigenvalue weighted by Crippen LogP contribution is 2.36. The van der Waals surface area contributed by atoms with Crippen LogP contribution in [-0.2, 0) is 0 Å². The molecule has 0 radical (unpaired) electrons. The third-order valence-electron chi connectivity index (χ3n) is 2.47. The molecule has 70 valence electrons. The molecule has 2 aliphatic rings. The fraction of sp³-hybridized carbons (Fsp3) is 0.0833. The van der Waals surface area contributed by atoms with Gasteiger partial charge in [-0.25, -0.2) is 0 Å². The summed E-state index contributed by atoms with van der Waals surface area (Å²) in [5.74, 6) is 0. The van der Waals surface area contributed by atoms with Crippen molar-refractivity contribution in [3.05, 3.63) is 48.1 Å². The zero-order valence-electron chi connectivity index (χ0n) is 7.60. The van der Waals surface area contributed by atoms with E-state index in [1.54, 1.807) is 0 Å². The Labute approximate surface area is 89.3 Å². The summed E-state index contributed by atoms with van der Waals surface area (Å²) in [4.78, 5) is 4.57. The molecule has 1 aliphatic heterocycles. The van der Waals surface area contributed by atoms with Gasteiger partial charge < -0.3 is 0 Å². The minimum Gasteiger partial charge on any atom is -0.252 e. The Balaban J connectivity index is 0.000000750. The number of aliphatic imine (C=N–C) groups is 1. The van der Waals surface area contributed by atoms with Gasteiger partial charge in [0.25, 0.3) is 0 Å². The number of allylic oxidation sites excluding steroid dienone is 4. The van der Waals surface area contributed by atoms with E-state index >= 15 is 0 Å². The zero-order chi connectivity index (χ0) is 8.67. The van der Waals surface area contributed by atoms with Gasteiger partial charge in [0, 0.05) is 17.6 Å². The molecule has 0 aromatic heterocycles. The minimum atomic E-state index is 0.